The zero-order valence-corrected chi connectivity index (χ0v) is 17.7. The highest BCUT2D eigenvalue weighted by Crippen LogP contribution is 2.34. The first kappa shape index (κ1) is 20.4. The number of likely N-dealkylation sites (tertiary alicyclic amines) is 2. The molecule has 7 nitrogen and oxygen atoms in total. The Labute approximate surface area is 174 Å². The molecule has 3 fully saturated rings. The van der Waals surface area contributed by atoms with E-state index < -0.39 is 0 Å². The first-order chi connectivity index (χ1) is 14.3. The number of hydrogen-bond acceptors (Lipinski definition) is 6. The Morgan fingerprint density at radius 1 is 1.00 bits per heavy atom. The number of carbonyl (C=O) groups is 1. The third-order valence-electron chi connectivity index (χ3n) is 6.97. The summed E-state index contributed by atoms with van der Waals surface area (Å²) in [6.07, 6.45) is 11.9. The Morgan fingerprint density at radius 2 is 1.76 bits per heavy atom. The lowest BCUT2D eigenvalue weighted by Crippen LogP contribution is -2.46. The highest BCUT2D eigenvalue weighted by molar-refractivity contribution is 5.67. The van der Waals surface area contributed by atoms with Crippen LogP contribution in [0.15, 0.2) is 18.5 Å². The van der Waals surface area contributed by atoms with Crippen LogP contribution in [0.1, 0.15) is 51.9 Å². The average Bonchev–Trinajstić information content (AvgIpc) is 3.12. The second-order valence-corrected chi connectivity index (χ2v) is 8.60. The molecular weight excluding hydrogens is 366 g/mol. The summed E-state index contributed by atoms with van der Waals surface area (Å²) >= 11 is 0. The van der Waals surface area contributed by atoms with Crippen molar-refractivity contribution in [3.05, 3.63) is 18.5 Å². The molecule has 0 saturated carbocycles. The molecule has 2 unspecified atom stereocenters. The van der Waals surface area contributed by atoms with E-state index in [1.165, 1.54) is 45.2 Å². The number of carbonyl (C=O) groups excluding carboxylic acids is 1. The van der Waals surface area contributed by atoms with Crippen LogP contribution in [0.3, 0.4) is 0 Å². The summed E-state index contributed by atoms with van der Waals surface area (Å²) in [7, 11) is 0. The zero-order chi connectivity index (χ0) is 20.1. The first-order valence-electron chi connectivity index (χ1n) is 11.5. The van der Waals surface area contributed by atoms with Crippen LogP contribution in [0.5, 0.6) is 0 Å². The Bertz CT molecular complexity index is 650. The van der Waals surface area contributed by atoms with Gasteiger partial charge in [-0.1, -0.05) is 0 Å². The van der Waals surface area contributed by atoms with Gasteiger partial charge in [-0.2, -0.15) is 0 Å². The monoisotopic (exact) mass is 401 g/mol. The molecule has 1 amide bonds. The van der Waals surface area contributed by atoms with E-state index in [9.17, 15) is 4.79 Å². The summed E-state index contributed by atoms with van der Waals surface area (Å²) in [4.78, 5) is 28.1. The highest BCUT2D eigenvalue weighted by atomic mass is 16.6. The van der Waals surface area contributed by atoms with Crippen molar-refractivity contribution in [1.29, 1.82) is 0 Å². The van der Waals surface area contributed by atoms with E-state index in [1.54, 1.807) is 0 Å². The summed E-state index contributed by atoms with van der Waals surface area (Å²) in [5, 5.41) is 0. The van der Waals surface area contributed by atoms with Crippen molar-refractivity contribution in [2.45, 2.75) is 64.0 Å². The normalized spacial score (nSPS) is 27.1. The molecule has 29 heavy (non-hydrogen) atoms. The van der Waals surface area contributed by atoms with Gasteiger partial charge in [0, 0.05) is 44.1 Å². The minimum atomic E-state index is -0.142. The van der Waals surface area contributed by atoms with Crippen molar-refractivity contribution >= 4 is 12.0 Å². The number of rotatable bonds is 4. The average molecular weight is 402 g/mol. The molecule has 7 heteroatoms. The van der Waals surface area contributed by atoms with Crippen molar-refractivity contribution in [3.63, 3.8) is 0 Å². The van der Waals surface area contributed by atoms with E-state index in [0.717, 1.165) is 44.3 Å². The first-order valence-corrected chi connectivity index (χ1v) is 11.5. The van der Waals surface area contributed by atoms with E-state index in [1.807, 2.05) is 30.3 Å². The molecule has 0 radical (unpaired) electrons. The van der Waals surface area contributed by atoms with Crippen LogP contribution in [0, 0.1) is 5.92 Å². The largest absolute Gasteiger partial charge is 0.450 e. The maximum absolute atomic E-state index is 12.0. The smallest absolute Gasteiger partial charge is 0.409 e. The Hall–Kier alpha value is -1.89. The van der Waals surface area contributed by atoms with Crippen LogP contribution in [0.25, 0.3) is 0 Å². The van der Waals surface area contributed by atoms with Gasteiger partial charge in [0.25, 0.3) is 0 Å². The van der Waals surface area contributed by atoms with Gasteiger partial charge in [0.05, 0.1) is 6.61 Å². The van der Waals surface area contributed by atoms with Gasteiger partial charge >= 0.3 is 6.09 Å². The fourth-order valence-corrected chi connectivity index (χ4v) is 5.48. The van der Waals surface area contributed by atoms with E-state index in [0.29, 0.717) is 18.7 Å². The summed E-state index contributed by atoms with van der Waals surface area (Å²) in [5.74, 6) is 1.64. The van der Waals surface area contributed by atoms with Crippen molar-refractivity contribution in [2.24, 2.45) is 5.92 Å². The van der Waals surface area contributed by atoms with E-state index in [2.05, 4.69) is 19.8 Å². The number of hydrogen-bond donors (Lipinski definition) is 0. The molecule has 0 N–H and O–H groups in total. The van der Waals surface area contributed by atoms with E-state index >= 15 is 0 Å². The molecule has 4 rings (SSSR count). The van der Waals surface area contributed by atoms with Crippen molar-refractivity contribution in [1.82, 2.24) is 19.8 Å². The lowest BCUT2D eigenvalue weighted by atomic mass is 9.87. The highest BCUT2D eigenvalue weighted by Gasteiger charge is 2.36. The lowest BCUT2D eigenvalue weighted by Gasteiger charge is -2.41. The molecule has 0 aromatic carbocycles. The lowest BCUT2D eigenvalue weighted by molar-refractivity contribution is 0.101. The molecule has 0 spiro atoms. The van der Waals surface area contributed by atoms with Crippen LogP contribution in [-0.2, 0) is 4.74 Å². The SMILES string of the molecule is CCOC(=O)N1CCCC(N2CCC(C3CCCN3c3ncccn3)CC2)CC1. The third-order valence-corrected chi connectivity index (χ3v) is 6.97. The van der Waals surface area contributed by atoms with Gasteiger partial charge in [-0.3, -0.25) is 0 Å². The zero-order valence-electron chi connectivity index (χ0n) is 17.7. The van der Waals surface area contributed by atoms with Crippen molar-refractivity contribution in [2.75, 3.05) is 44.2 Å². The minimum absolute atomic E-state index is 0.142. The van der Waals surface area contributed by atoms with Gasteiger partial charge in [-0.25, -0.2) is 14.8 Å². The molecule has 3 saturated heterocycles. The van der Waals surface area contributed by atoms with Crippen molar-refractivity contribution in [3.8, 4) is 0 Å². The Kier molecular flexibility index (Phi) is 6.85. The summed E-state index contributed by atoms with van der Waals surface area (Å²) in [6, 6.07) is 3.09. The predicted molar refractivity (Wildman–Crippen MR) is 113 cm³/mol. The number of aromatic nitrogens is 2. The Balaban J connectivity index is 1.29. The molecule has 1 aromatic rings. The van der Waals surface area contributed by atoms with Gasteiger partial charge in [-0.05, 0) is 76.9 Å². The number of anilines is 1. The number of nitrogens with zero attached hydrogens (tertiary/aromatic N) is 5. The fourth-order valence-electron chi connectivity index (χ4n) is 5.48. The van der Waals surface area contributed by atoms with Gasteiger partial charge in [-0.15, -0.1) is 0 Å². The van der Waals surface area contributed by atoms with Crippen LogP contribution >= 0.6 is 0 Å². The van der Waals surface area contributed by atoms with Crippen LogP contribution in [-0.4, -0.2) is 77.3 Å². The molecule has 3 aliphatic heterocycles. The summed E-state index contributed by atoms with van der Waals surface area (Å²) in [5.41, 5.74) is 0. The molecule has 2 atom stereocenters. The standard InChI is InChI=1S/C22H35N5O2/c1-2-29-22(28)26-13-3-6-19(10-17-26)25-15-8-18(9-16-25)20-7-4-14-27(20)21-23-11-5-12-24-21/h5,11-12,18-20H,2-4,6-10,13-17H2,1H3. The molecule has 0 bridgehead atoms. The molecule has 0 aliphatic carbocycles. The maximum Gasteiger partial charge on any atom is 0.409 e. The van der Waals surface area contributed by atoms with Gasteiger partial charge in [0.1, 0.15) is 0 Å². The summed E-state index contributed by atoms with van der Waals surface area (Å²) in [6.45, 7) is 7.42. The topological polar surface area (TPSA) is 61.8 Å². The number of piperidine rings is 1. The third kappa shape index (κ3) is 4.82. The number of amides is 1. The van der Waals surface area contributed by atoms with Crippen LogP contribution in [0.4, 0.5) is 10.7 Å². The van der Waals surface area contributed by atoms with Gasteiger partial charge < -0.3 is 19.4 Å². The van der Waals surface area contributed by atoms with Crippen molar-refractivity contribution < 1.29 is 9.53 Å². The predicted octanol–water partition coefficient (Wildman–Crippen LogP) is 3.17. The van der Waals surface area contributed by atoms with Gasteiger partial charge in [0.15, 0.2) is 0 Å². The molecule has 1 aromatic heterocycles. The maximum atomic E-state index is 12.0. The second-order valence-electron chi connectivity index (χ2n) is 8.60. The second kappa shape index (κ2) is 9.74. The Morgan fingerprint density at radius 3 is 2.52 bits per heavy atom. The fraction of sp³-hybridized carbons (Fsp3) is 0.773. The molecule has 160 valence electrons. The van der Waals surface area contributed by atoms with Gasteiger partial charge in [0.2, 0.25) is 5.95 Å². The van der Waals surface area contributed by atoms with E-state index in [-0.39, 0.29) is 6.09 Å². The van der Waals surface area contributed by atoms with Crippen LogP contribution < -0.4 is 4.90 Å². The van der Waals surface area contributed by atoms with Crippen LogP contribution in [0.2, 0.25) is 0 Å². The number of ether oxygens (including phenoxy) is 1. The quantitative estimate of drug-likeness (QED) is 0.772. The van der Waals surface area contributed by atoms with E-state index in [4.69, 9.17) is 4.74 Å². The minimum Gasteiger partial charge on any atom is -0.450 e. The molecule has 3 aliphatic rings. The summed E-state index contributed by atoms with van der Waals surface area (Å²) < 4.78 is 5.19. The molecule has 4 heterocycles. The molecular formula is C22H35N5O2.